The highest BCUT2D eigenvalue weighted by molar-refractivity contribution is 5.86. The van der Waals surface area contributed by atoms with E-state index in [-0.39, 0.29) is 5.76 Å². The Kier molecular flexibility index (Phi) is 2.33. The van der Waals surface area contributed by atoms with Crippen molar-refractivity contribution in [2.24, 2.45) is 0 Å². The number of aryl methyl sites for hydroxylation is 1. The largest absolute Gasteiger partial charge is 0.463 e. The van der Waals surface area contributed by atoms with Crippen molar-refractivity contribution in [1.29, 1.82) is 0 Å². The van der Waals surface area contributed by atoms with Gasteiger partial charge in [0.2, 0.25) is 5.76 Å². The Morgan fingerprint density at radius 1 is 1.13 bits per heavy atom. The number of carbonyl (C=O) groups excluding carboxylic acids is 1. The number of esters is 1. The molecule has 0 aliphatic heterocycles. The maximum atomic E-state index is 11.1. The first-order valence-electron chi connectivity index (χ1n) is 4.45. The molecule has 0 aliphatic carbocycles. The third-order valence-electron chi connectivity index (χ3n) is 1.98. The SMILES string of the molecule is COC(=O)c1ccc(-c2ccc(C)o2)o1. The van der Waals surface area contributed by atoms with E-state index in [2.05, 4.69) is 4.74 Å². The molecule has 0 unspecified atom stereocenters. The van der Waals surface area contributed by atoms with Crippen LogP contribution in [0, 0.1) is 6.92 Å². The summed E-state index contributed by atoms with van der Waals surface area (Å²) in [7, 11) is 1.31. The molecule has 0 saturated carbocycles. The summed E-state index contributed by atoms with van der Waals surface area (Å²) in [4.78, 5) is 11.1. The predicted molar refractivity (Wildman–Crippen MR) is 52.5 cm³/mol. The van der Waals surface area contributed by atoms with Gasteiger partial charge in [0.25, 0.3) is 0 Å². The summed E-state index contributed by atoms with van der Waals surface area (Å²) in [5.74, 6) is 1.58. The van der Waals surface area contributed by atoms with Crippen LogP contribution in [0.25, 0.3) is 11.5 Å². The summed E-state index contributed by atoms with van der Waals surface area (Å²) in [5.41, 5.74) is 0. The monoisotopic (exact) mass is 206 g/mol. The lowest BCUT2D eigenvalue weighted by Gasteiger charge is -1.93. The van der Waals surface area contributed by atoms with Crippen LogP contribution in [0.1, 0.15) is 16.3 Å². The van der Waals surface area contributed by atoms with Gasteiger partial charge in [-0.3, -0.25) is 0 Å². The molecule has 15 heavy (non-hydrogen) atoms. The summed E-state index contributed by atoms with van der Waals surface area (Å²) >= 11 is 0. The third-order valence-corrected chi connectivity index (χ3v) is 1.98. The fraction of sp³-hybridized carbons (Fsp3) is 0.182. The Morgan fingerprint density at radius 3 is 2.40 bits per heavy atom. The van der Waals surface area contributed by atoms with Crippen molar-refractivity contribution in [3.8, 4) is 11.5 Å². The summed E-state index contributed by atoms with van der Waals surface area (Å²) in [6.45, 7) is 1.84. The van der Waals surface area contributed by atoms with Gasteiger partial charge < -0.3 is 13.6 Å². The molecule has 0 amide bonds. The van der Waals surface area contributed by atoms with Gasteiger partial charge >= 0.3 is 5.97 Å². The summed E-state index contributed by atoms with van der Waals surface area (Å²) in [6.07, 6.45) is 0. The van der Waals surface area contributed by atoms with Crippen molar-refractivity contribution in [1.82, 2.24) is 0 Å². The number of rotatable bonds is 2. The molecule has 0 aromatic carbocycles. The Hall–Kier alpha value is -1.97. The van der Waals surface area contributed by atoms with Crippen LogP contribution in [0.5, 0.6) is 0 Å². The highest BCUT2D eigenvalue weighted by atomic mass is 16.5. The van der Waals surface area contributed by atoms with Crippen molar-refractivity contribution in [3.63, 3.8) is 0 Å². The Morgan fingerprint density at radius 2 is 1.80 bits per heavy atom. The molecule has 4 nitrogen and oxygen atoms in total. The number of furan rings is 2. The second-order valence-corrected chi connectivity index (χ2v) is 3.07. The number of ether oxygens (including phenoxy) is 1. The second kappa shape index (κ2) is 3.65. The molecule has 2 rings (SSSR count). The van der Waals surface area contributed by atoms with Gasteiger partial charge in [-0.1, -0.05) is 0 Å². The minimum Gasteiger partial charge on any atom is -0.463 e. The van der Waals surface area contributed by atoms with E-state index in [0.717, 1.165) is 5.76 Å². The van der Waals surface area contributed by atoms with Crippen LogP contribution in [0.4, 0.5) is 0 Å². The fourth-order valence-electron chi connectivity index (χ4n) is 1.25. The van der Waals surface area contributed by atoms with E-state index in [9.17, 15) is 4.79 Å². The zero-order valence-corrected chi connectivity index (χ0v) is 8.44. The highest BCUT2D eigenvalue weighted by Crippen LogP contribution is 2.24. The molecule has 0 aliphatic rings. The van der Waals surface area contributed by atoms with Crippen LogP contribution in [0.3, 0.4) is 0 Å². The van der Waals surface area contributed by atoms with Crippen molar-refractivity contribution < 1.29 is 18.4 Å². The Labute approximate surface area is 86.4 Å². The molecule has 0 bridgehead atoms. The van der Waals surface area contributed by atoms with Crippen molar-refractivity contribution in [3.05, 3.63) is 35.8 Å². The molecule has 2 aromatic rings. The first kappa shape index (κ1) is 9.58. The predicted octanol–water partition coefficient (Wildman–Crippen LogP) is 2.63. The van der Waals surface area contributed by atoms with Gasteiger partial charge in [-0.25, -0.2) is 4.79 Å². The average molecular weight is 206 g/mol. The van der Waals surface area contributed by atoms with Gasteiger partial charge in [0, 0.05) is 0 Å². The second-order valence-electron chi connectivity index (χ2n) is 3.07. The van der Waals surface area contributed by atoms with Gasteiger partial charge in [0.15, 0.2) is 11.5 Å². The molecule has 0 spiro atoms. The lowest BCUT2D eigenvalue weighted by atomic mass is 10.3. The van der Waals surface area contributed by atoms with Crippen molar-refractivity contribution in [2.45, 2.75) is 6.92 Å². The van der Waals surface area contributed by atoms with Crippen LogP contribution in [0.15, 0.2) is 33.1 Å². The third kappa shape index (κ3) is 1.79. The van der Waals surface area contributed by atoms with Crippen molar-refractivity contribution >= 4 is 5.97 Å². The van der Waals surface area contributed by atoms with E-state index >= 15 is 0 Å². The zero-order chi connectivity index (χ0) is 10.8. The smallest absolute Gasteiger partial charge is 0.373 e. The van der Waals surface area contributed by atoms with E-state index in [0.29, 0.717) is 11.5 Å². The lowest BCUT2D eigenvalue weighted by Crippen LogP contribution is -1.97. The van der Waals surface area contributed by atoms with Gasteiger partial charge in [0.05, 0.1) is 7.11 Å². The van der Waals surface area contributed by atoms with E-state index in [1.165, 1.54) is 7.11 Å². The van der Waals surface area contributed by atoms with Crippen LogP contribution in [-0.2, 0) is 4.74 Å². The van der Waals surface area contributed by atoms with E-state index < -0.39 is 5.97 Å². The van der Waals surface area contributed by atoms with E-state index in [1.54, 1.807) is 18.2 Å². The molecular weight excluding hydrogens is 196 g/mol. The minimum absolute atomic E-state index is 0.168. The molecule has 78 valence electrons. The maximum absolute atomic E-state index is 11.1. The molecule has 0 saturated heterocycles. The van der Waals surface area contributed by atoms with E-state index in [1.807, 2.05) is 13.0 Å². The average Bonchev–Trinajstić information content (AvgIpc) is 2.84. The van der Waals surface area contributed by atoms with Crippen LogP contribution in [-0.4, -0.2) is 13.1 Å². The molecular formula is C11H10O4. The quantitative estimate of drug-likeness (QED) is 0.709. The minimum atomic E-state index is -0.496. The topological polar surface area (TPSA) is 52.6 Å². The summed E-state index contributed by atoms with van der Waals surface area (Å²) in [5, 5.41) is 0. The van der Waals surface area contributed by atoms with Crippen LogP contribution >= 0.6 is 0 Å². The number of carbonyl (C=O) groups is 1. The molecule has 2 aromatic heterocycles. The number of hydrogen-bond donors (Lipinski definition) is 0. The summed E-state index contributed by atoms with van der Waals surface area (Å²) < 4.78 is 15.1. The van der Waals surface area contributed by atoms with Gasteiger partial charge in [-0.05, 0) is 31.2 Å². The molecule has 0 N–H and O–H groups in total. The summed E-state index contributed by atoms with van der Waals surface area (Å²) in [6, 6.07) is 6.84. The Balaban J connectivity index is 2.31. The first-order chi connectivity index (χ1) is 7.20. The van der Waals surface area contributed by atoms with Crippen LogP contribution in [0.2, 0.25) is 0 Å². The van der Waals surface area contributed by atoms with Crippen molar-refractivity contribution in [2.75, 3.05) is 7.11 Å². The maximum Gasteiger partial charge on any atom is 0.373 e. The van der Waals surface area contributed by atoms with Gasteiger partial charge in [-0.2, -0.15) is 0 Å². The number of methoxy groups -OCH3 is 1. The van der Waals surface area contributed by atoms with Gasteiger partial charge in [-0.15, -0.1) is 0 Å². The van der Waals surface area contributed by atoms with Crippen LogP contribution < -0.4 is 0 Å². The standard InChI is InChI=1S/C11H10O4/c1-7-3-4-8(14-7)9-5-6-10(15-9)11(12)13-2/h3-6H,1-2H3. The molecule has 4 heteroatoms. The fourth-order valence-corrected chi connectivity index (χ4v) is 1.25. The normalized spacial score (nSPS) is 10.3. The molecule has 0 fully saturated rings. The van der Waals surface area contributed by atoms with Gasteiger partial charge in [0.1, 0.15) is 5.76 Å². The Bertz CT molecular complexity index is 478. The molecule has 0 radical (unpaired) electrons. The molecule has 0 atom stereocenters. The molecule has 2 heterocycles. The first-order valence-corrected chi connectivity index (χ1v) is 4.45. The van der Waals surface area contributed by atoms with E-state index in [4.69, 9.17) is 8.83 Å². The zero-order valence-electron chi connectivity index (χ0n) is 8.44. The highest BCUT2D eigenvalue weighted by Gasteiger charge is 2.13. The lowest BCUT2D eigenvalue weighted by molar-refractivity contribution is 0.0566. The number of hydrogen-bond acceptors (Lipinski definition) is 4.